The minimum atomic E-state index is 0.953. The first-order chi connectivity index (χ1) is 6.09. The molecule has 1 aliphatic rings. The molecule has 2 nitrogen and oxygen atoms in total. The van der Waals surface area contributed by atoms with Crippen molar-refractivity contribution in [1.82, 2.24) is 0 Å². The van der Waals surface area contributed by atoms with Gasteiger partial charge >= 0.3 is 0 Å². The summed E-state index contributed by atoms with van der Waals surface area (Å²) in [6.07, 6.45) is 4.36. The van der Waals surface area contributed by atoms with Gasteiger partial charge in [-0.15, -0.1) is 0 Å². The first-order valence-corrected chi connectivity index (χ1v) is 5.71. The first kappa shape index (κ1) is 11.0. The molecule has 1 fully saturated rings. The van der Waals surface area contributed by atoms with E-state index in [1.807, 2.05) is 0 Å². The maximum atomic E-state index is 2.39. The Morgan fingerprint density at radius 1 is 1.08 bits per heavy atom. The summed E-state index contributed by atoms with van der Waals surface area (Å²) >= 11 is 0. The highest BCUT2D eigenvalue weighted by atomic mass is 15.2. The quantitative estimate of drug-likeness (QED) is 0.548. The maximum absolute atomic E-state index is 2.39. The third kappa shape index (κ3) is 3.65. The van der Waals surface area contributed by atoms with Crippen LogP contribution >= 0.6 is 0 Å². The molecule has 0 radical (unpaired) electrons. The van der Waals surface area contributed by atoms with Crippen LogP contribution in [0.25, 0.3) is 0 Å². The molecule has 2 N–H and O–H groups in total. The van der Waals surface area contributed by atoms with Crippen molar-refractivity contribution in [1.29, 1.82) is 0 Å². The second-order valence-electron chi connectivity index (χ2n) is 5.17. The normalized spacial score (nSPS) is 31.2. The number of hydrogen-bond acceptors (Lipinski definition) is 0. The van der Waals surface area contributed by atoms with Gasteiger partial charge in [0.05, 0.1) is 27.2 Å². The molecule has 13 heavy (non-hydrogen) atoms. The largest absolute Gasteiger partial charge is 0.335 e. The second kappa shape index (κ2) is 4.97. The van der Waals surface area contributed by atoms with Gasteiger partial charge in [-0.25, -0.2) is 0 Å². The third-order valence-electron chi connectivity index (χ3n) is 3.41. The van der Waals surface area contributed by atoms with Crippen molar-refractivity contribution in [2.45, 2.75) is 32.2 Å². The SMILES string of the molecule is C[C@@H]1CC[C@H]([NH+](C)CC[NH+](C)C)C1. The molecular weight excluding hydrogens is 160 g/mol. The van der Waals surface area contributed by atoms with Crippen LogP contribution in [0.4, 0.5) is 0 Å². The van der Waals surface area contributed by atoms with E-state index in [-0.39, 0.29) is 0 Å². The van der Waals surface area contributed by atoms with E-state index in [1.54, 1.807) is 9.80 Å². The predicted molar refractivity (Wildman–Crippen MR) is 56.2 cm³/mol. The molecule has 1 unspecified atom stereocenters. The van der Waals surface area contributed by atoms with Gasteiger partial charge in [0.2, 0.25) is 0 Å². The summed E-state index contributed by atoms with van der Waals surface area (Å²) in [6.45, 7) is 5.03. The predicted octanol–water partition coefficient (Wildman–Crippen LogP) is -1.17. The van der Waals surface area contributed by atoms with Crippen LogP contribution < -0.4 is 9.80 Å². The molecule has 0 bridgehead atoms. The lowest BCUT2D eigenvalue weighted by Gasteiger charge is -2.21. The van der Waals surface area contributed by atoms with Crippen LogP contribution in [0.2, 0.25) is 0 Å². The average Bonchev–Trinajstić information content (AvgIpc) is 2.47. The highest BCUT2D eigenvalue weighted by Crippen LogP contribution is 2.22. The standard InChI is InChI=1S/C11H24N2/c1-10-5-6-11(9-10)13(4)8-7-12(2)3/h10-11H,5-9H2,1-4H3/p+2/t10-,11+/m1/s1. The van der Waals surface area contributed by atoms with E-state index in [0.717, 1.165) is 12.0 Å². The smallest absolute Gasteiger partial charge is 0.127 e. The van der Waals surface area contributed by atoms with Crippen LogP contribution in [0, 0.1) is 5.92 Å². The van der Waals surface area contributed by atoms with Crippen LogP contribution in [0.15, 0.2) is 0 Å². The van der Waals surface area contributed by atoms with Gasteiger partial charge < -0.3 is 9.80 Å². The van der Waals surface area contributed by atoms with E-state index in [0.29, 0.717) is 0 Å². The van der Waals surface area contributed by atoms with Crippen LogP contribution in [-0.4, -0.2) is 40.3 Å². The van der Waals surface area contributed by atoms with Crippen molar-refractivity contribution in [3.8, 4) is 0 Å². The molecule has 1 saturated carbocycles. The zero-order chi connectivity index (χ0) is 9.84. The van der Waals surface area contributed by atoms with Crippen molar-refractivity contribution in [2.75, 3.05) is 34.2 Å². The van der Waals surface area contributed by atoms with Crippen LogP contribution in [0.3, 0.4) is 0 Å². The van der Waals surface area contributed by atoms with Crippen LogP contribution in [0.1, 0.15) is 26.2 Å². The summed E-state index contributed by atoms with van der Waals surface area (Å²) in [5.74, 6) is 0.978. The van der Waals surface area contributed by atoms with Gasteiger partial charge in [-0.1, -0.05) is 6.92 Å². The Morgan fingerprint density at radius 3 is 2.23 bits per heavy atom. The summed E-state index contributed by atoms with van der Waals surface area (Å²) in [4.78, 5) is 3.33. The van der Waals surface area contributed by atoms with E-state index >= 15 is 0 Å². The summed E-state index contributed by atoms with van der Waals surface area (Å²) < 4.78 is 0. The number of likely N-dealkylation sites (N-methyl/N-ethyl adjacent to an activating group) is 2. The topological polar surface area (TPSA) is 8.88 Å². The number of hydrogen-bond donors (Lipinski definition) is 2. The summed E-state index contributed by atoms with van der Waals surface area (Å²) in [6, 6.07) is 0.953. The minimum Gasteiger partial charge on any atom is -0.335 e. The summed E-state index contributed by atoms with van der Waals surface area (Å²) in [5.41, 5.74) is 0. The molecule has 78 valence electrons. The van der Waals surface area contributed by atoms with Gasteiger partial charge in [-0.05, 0) is 18.8 Å². The fraction of sp³-hybridized carbons (Fsp3) is 1.00. The van der Waals surface area contributed by atoms with E-state index in [1.165, 1.54) is 32.4 Å². The third-order valence-corrected chi connectivity index (χ3v) is 3.41. The lowest BCUT2D eigenvalue weighted by Crippen LogP contribution is -3.18. The highest BCUT2D eigenvalue weighted by molar-refractivity contribution is 4.71. The van der Waals surface area contributed by atoms with Gasteiger partial charge in [0.1, 0.15) is 13.1 Å². The molecule has 0 saturated heterocycles. The minimum absolute atomic E-state index is 0.953. The Bertz CT molecular complexity index is 145. The fourth-order valence-corrected chi connectivity index (χ4v) is 2.31. The monoisotopic (exact) mass is 186 g/mol. The Morgan fingerprint density at radius 2 is 1.77 bits per heavy atom. The summed E-state index contributed by atoms with van der Waals surface area (Å²) in [7, 11) is 6.85. The zero-order valence-electron chi connectivity index (χ0n) is 9.69. The molecule has 0 amide bonds. The van der Waals surface area contributed by atoms with Gasteiger partial charge in [-0.2, -0.15) is 0 Å². The van der Waals surface area contributed by atoms with Crippen LogP contribution in [0.5, 0.6) is 0 Å². The van der Waals surface area contributed by atoms with Crippen molar-refractivity contribution in [3.05, 3.63) is 0 Å². The molecule has 3 atom stereocenters. The zero-order valence-corrected chi connectivity index (χ0v) is 9.69. The molecule has 0 aromatic rings. The number of rotatable bonds is 4. The van der Waals surface area contributed by atoms with Gasteiger partial charge in [0.25, 0.3) is 0 Å². The molecule has 0 aromatic heterocycles. The molecule has 2 heteroatoms. The van der Waals surface area contributed by atoms with Gasteiger partial charge in [0.15, 0.2) is 0 Å². The van der Waals surface area contributed by atoms with Crippen LogP contribution in [-0.2, 0) is 0 Å². The Balaban J connectivity index is 2.19. The van der Waals surface area contributed by atoms with E-state index < -0.39 is 0 Å². The van der Waals surface area contributed by atoms with E-state index in [9.17, 15) is 0 Å². The molecular formula is C11H26N2+2. The van der Waals surface area contributed by atoms with Gasteiger partial charge in [-0.3, -0.25) is 0 Å². The Kier molecular flexibility index (Phi) is 4.20. The highest BCUT2D eigenvalue weighted by Gasteiger charge is 2.27. The molecule has 0 spiro atoms. The fourth-order valence-electron chi connectivity index (χ4n) is 2.31. The first-order valence-electron chi connectivity index (χ1n) is 5.71. The van der Waals surface area contributed by atoms with Gasteiger partial charge in [0, 0.05) is 6.42 Å². The van der Waals surface area contributed by atoms with Crippen molar-refractivity contribution in [3.63, 3.8) is 0 Å². The number of quaternary nitrogens is 2. The molecule has 1 rings (SSSR count). The van der Waals surface area contributed by atoms with E-state index in [2.05, 4.69) is 28.1 Å². The number of nitrogens with one attached hydrogen (secondary N) is 2. The Hall–Kier alpha value is -0.0800. The lowest BCUT2D eigenvalue weighted by molar-refractivity contribution is -0.944. The Labute approximate surface area is 82.9 Å². The molecule has 1 aliphatic carbocycles. The van der Waals surface area contributed by atoms with E-state index in [4.69, 9.17) is 0 Å². The average molecular weight is 186 g/mol. The second-order valence-corrected chi connectivity index (χ2v) is 5.17. The molecule has 0 aliphatic heterocycles. The lowest BCUT2D eigenvalue weighted by atomic mass is 10.1. The summed E-state index contributed by atoms with van der Waals surface area (Å²) in [5, 5.41) is 0. The van der Waals surface area contributed by atoms with Crippen molar-refractivity contribution < 1.29 is 9.80 Å². The van der Waals surface area contributed by atoms with Crippen molar-refractivity contribution in [2.24, 2.45) is 5.92 Å². The van der Waals surface area contributed by atoms with Crippen molar-refractivity contribution >= 4 is 0 Å². The molecule has 0 heterocycles. The molecule has 0 aromatic carbocycles. The maximum Gasteiger partial charge on any atom is 0.127 e.